The van der Waals surface area contributed by atoms with E-state index in [4.69, 9.17) is 4.99 Å². The van der Waals surface area contributed by atoms with E-state index in [1.807, 2.05) is 24.5 Å². The molecule has 0 radical (unpaired) electrons. The van der Waals surface area contributed by atoms with Gasteiger partial charge >= 0.3 is 0 Å². The van der Waals surface area contributed by atoms with Gasteiger partial charge in [0.15, 0.2) is 0 Å². The minimum Gasteiger partial charge on any atom is -0.265 e. The van der Waals surface area contributed by atoms with Crippen LogP contribution in [0.4, 0.5) is 0 Å². The Labute approximate surface area is 252 Å². The van der Waals surface area contributed by atoms with Crippen LogP contribution >= 0.6 is 0 Å². The van der Waals surface area contributed by atoms with Crippen molar-refractivity contribution in [3.05, 3.63) is 149 Å². The molecule has 1 aliphatic carbocycles. The number of fused-ring (bicyclic) bond motifs is 3. The highest BCUT2D eigenvalue weighted by molar-refractivity contribution is 6.21. The van der Waals surface area contributed by atoms with E-state index in [-0.39, 0.29) is 0 Å². The number of rotatable bonds is 4. The fourth-order valence-corrected chi connectivity index (χ4v) is 6.99. The van der Waals surface area contributed by atoms with Crippen LogP contribution in [0.2, 0.25) is 0 Å². The zero-order chi connectivity index (χ0) is 28.8. The van der Waals surface area contributed by atoms with Crippen LogP contribution in [-0.2, 0) is 6.42 Å². The second-order valence-electron chi connectivity index (χ2n) is 11.7. The van der Waals surface area contributed by atoms with Gasteiger partial charge in [0.2, 0.25) is 0 Å². The molecule has 0 atom stereocenters. The Hall–Kier alpha value is -5.08. The molecule has 5 aromatic carbocycles. The lowest BCUT2D eigenvalue weighted by molar-refractivity contribution is 0.942. The third kappa shape index (κ3) is 4.51. The molecule has 0 spiro atoms. The van der Waals surface area contributed by atoms with E-state index in [1.165, 1.54) is 71.8 Å². The molecule has 0 fully saturated rings. The van der Waals surface area contributed by atoms with Crippen LogP contribution in [-0.4, -0.2) is 10.7 Å². The summed E-state index contributed by atoms with van der Waals surface area (Å²) in [5.74, 6) is 0. The Kier molecular flexibility index (Phi) is 6.34. The van der Waals surface area contributed by atoms with Crippen molar-refractivity contribution in [1.29, 1.82) is 0 Å². The minimum atomic E-state index is 0.999. The van der Waals surface area contributed by atoms with Gasteiger partial charge in [-0.25, -0.2) is 0 Å². The van der Waals surface area contributed by atoms with Crippen molar-refractivity contribution in [3.63, 3.8) is 0 Å². The van der Waals surface area contributed by atoms with Crippen molar-refractivity contribution in [1.82, 2.24) is 4.98 Å². The highest BCUT2D eigenvalue weighted by atomic mass is 14.8. The molecule has 2 heteroatoms. The van der Waals surface area contributed by atoms with Gasteiger partial charge in [0.05, 0.1) is 5.70 Å². The van der Waals surface area contributed by atoms with Crippen LogP contribution in [0.3, 0.4) is 0 Å². The summed E-state index contributed by atoms with van der Waals surface area (Å²) in [7, 11) is 0. The van der Waals surface area contributed by atoms with E-state index < -0.39 is 0 Å². The third-order valence-electron chi connectivity index (χ3n) is 9.09. The van der Waals surface area contributed by atoms with Gasteiger partial charge in [-0.2, -0.15) is 0 Å². The number of aryl methyl sites for hydroxylation is 2. The summed E-state index contributed by atoms with van der Waals surface area (Å²) < 4.78 is 0. The summed E-state index contributed by atoms with van der Waals surface area (Å²) in [6, 6.07) is 37.8. The molecular formula is C41H32N2. The van der Waals surface area contributed by atoms with Gasteiger partial charge in [-0.1, -0.05) is 97.1 Å². The van der Waals surface area contributed by atoms with E-state index in [0.717, 1.165) is 36.9 Å². The number of hydrogen-bond donors (Lipinski definition) is 0. The molecule has 0 saturated heterocycles. The van der Waals surface area contributed by atoms with Gasteiger partial charge in [0, 0.05) is 23.7 Å². The molecule has 1 aliphatic heterocycles. The molecule has 1 aromatic heterocycles. The molecule has 0 N–H and O–H groups in total. The minimum absolute atomic E-state index is 0.999. The predicted molar refractivity (Wildman–Crippen MR) is 182 cm³/mol. The highest BCUT2D eigenvalue weighted by Crippen LogP contribution is 2.45. The molecule has 2 aliphatic rings. The van der Waals surface area contributed by atoms with Gasteiger partial charge < -0.3 is 0 Å². The smallest absolute Gasteiger partial charge is 0.0666 e. The second-order valence-corrected chi connectivity index (χ2v) is 11.7. The van der Waals surface area contributed by atoms with Crippen molar-refractivity contribution in [2.45, 2.75) is 32.6 Å². The van der Waals surface area contributed by atoms with Crippen LogP contribution in [0.15, 0.2) is 132 Å². The molecular weight excluding hydrogens is 520 g/mol. The number of aromatic nitrogens is 1. The lowest BCUT2D eigenvalue weighted by Crippen LogP contribution is -2.11. The van der Waals surface area contributed by atoms with E-state index >= 15 is 0 Å². The zero-order valence-electron chi connectivity index (χ0n) is 24.3. The fourth-order valence-electron chi connectivity index (χ4n) is 6.99. The van der Waals surface area contributed by atoms with Crippen LogP contribution in [0.1, 0.15) is 41.5 Å². The molecule has 206 valence electrons. The average molecular weight is 553 g/mol. The summed E-state index contributed by atoms with van der Waals surface area (Å²) in [4.78, 5) is 9.27. The van der Waals surface area contributed by atoms with Gasteiger partial charge in [-0.15, -0.1) is 0 Å². The summed E-state index contributed by atoms with van der Waals surface area (Å²) in [6.45, 7) is 2.22. The first-order chi connectivity index (χ1) is 21.2. The molecule has 43 heavy (non-hydrogen) atoms. The third-order valence-corrected chi connectivity index (χ3v) is 9.09. The molecule has 0 saturated carbocycles. The highest BCUT2D eigenvalue weighted by Gasteiger charge is 2.21. The normalized spacial score (nSPS) is 14.7. The SMILES string of the molecule is Cc1ccccc1-c1c2ccccc2c(-c2ccc3c(c2)CCC(C2=NC(c4ccncc4)=CCC2)=C3)c2ccccc12. The molecule has 8 rings (SSSR count). The van der Waals surface area contributed by atoms with Gasteiger partial charge in [-0.05, 0) is 117 Å². The quantitative estimate of drug-likeness (QED) is 0.200. The van der Waals surface area contributed by atoms with E-state index in [0.29, 0.717) is 0 Å². The first-order valence-electron chi connectivity index (χ1n) is 15.3. The molecule has 0 bridgehead atoms. The van der Waals surface area contributed by atoms with E-state index in [1.54, 1.807) is 0 Å². The average Bonchev–Trinajstić information content (AvgIpc) is 3.07. The maximum Gasteiger partial charge on any atom is 0.0666 e. The topological polar surface area (TPSA) is 25.2 Å². The van der Waals surface area contributed by atoms with Gasteiger partial charge in [0.1, 0.15) is 0 Å². The van der Waals surface area contributed by atoms with Crippen molar-refractivity contribution >= 4 is 39.0 Å². The molecule has 0 amide bonds. The molecule has 2 heterocycles. The van der Waals surface area contributed by atoms with E-state index in [9.17, 15) is 0 Å². The lowest BCUT2D eigenvalue weighted by Gasteiger charge is -2.22. The fraction of sp³-hybridized carbons (Fsp3) is 0.122. The maximum atomic E-state index is 5.10. The summed E-state index contributed by atoms with van der Waals surface area (Å²) >= 11 is 0. The Morgan fingerprint density at radius 1 is 0.605 bits per heavy atom. The van der Waals surface area contributed by atoms with Crippen molar-refractivity contribution in [2.24, 2.45) is 4.99 Å². The largest absolute Gasteiger partial charge is 0.265 e. The summed E-state index contributed by atoms with van der Waals surface area (Å²) in [5.41, 5.74) is 14.1. The lowest BCUT2D eigenvalue weighted by atomic mass is 9.83. The van der Waals surface area contributed by atoms with E-state index in [2.05, 4.69) is 115 Å². The Morgan fingerprint density at radius 3 is 2.00 bits per heavy atom. The van der Waals surface area contributed by atoms with Crippen LogP contribution in [0.5, 0.6) is 0 Å². The van der Waals surface area contributed by atoms with Crippen molar-refractivity contribution in [2.75, 3.05) is 0 Å². The first-order valence-corrected chi connectivity index (χ1v) is 15.3. The van der Waals surface area contributed by atoms with Crippen molar-refractivity contribution < 1.29 is 0 Å². The van der Waals surface area contributed by atoms with Gasteiger partial charge in [0.25, 0.3) is 0 Å². The van der Waals surface area contributed by atoms with Crippen LogP contribution in [0, 0.1) is 6.92 Å². The first kappa shape index (κ1) is 25.6. The number of aliphatic imine (C=N–C) groups is 1. The number of hydrogen-bond acceptors (Lipinski definition) is 2. The summed E-state index contributed by atoms with van der Waals surface area (Å²) in [6.07, 6.45) is 12.4. The molecule has 6 aromatic rings. The molecule has 0 unspecified atom stereocenters. The second kappa shape index (κ2) is 10.6. The Morgan fingerprint density at radius 2 is 1.28 bits per heavy atom. The van der Waals surface area contributed by atoms with Crippen LogP contribution in [0.25, 0.3) is 55.6 Å². The number of allylic oxidation sites excluding steroid dienone is 2. The summed E-state index contributed by atoms with van der Waals surface area (Å²) in [5, 5.41) is 5.22. The number of pyridine rings is 1. The number of benzene rings is 5. The molecule has 2 nitrogen and oxygen atoms in total. The maximum absolute atomic E-state index is 5.10. The van der Waals surface area contributed by atoms with Crippen LogP contribution < -0.4 is 0 Å². The standard InChI is InChI=1S/C41H32N2/c1-27-9-2-3-10-33(27)41-36-13-6-4-11-34(36)40(35-12-5-7-14-37(35)41)32-20-18-29-25-31(19-17-30(29)26-32)39-16-8-15-38(43-39)28-21-23-42-24-22-28/h2-7,9-15,18,20-26H,8,16-17,19H2,1H3. The predicted octanol–water partition coefficient (Wildman–Crippen LogP) is 10.6. The Balaban J connectivity index is 1.24. The van der Waals surface area contributed by atoms with Gasteiger partial charge in [-0.3, -0.25) is 9.98 Å². The van der Waals surface area contributed by atoms with Crippen molar-refractivity contribution in [3.8, 4) is 22.3 Å². The Bertz CT molecular complexity index is 2070. The monoisotopic (exact) mass is 552 g/mol. The zero-order valence-corrected chi connectivity index (χ0v) is 24.3. The number of nitrogens with zero attached hydrogens (tertiary/aromatic N) is 2.